The van der Waals surface area contributed by atoms with Gasteiger partial charge < -0.3 is 5.73 Å². The molecular formula is C14H19F3N2S. The molecule has 0 saturated carbocycles. The first-order valence-corrected chi connectivity index (χ1v) is 6.82. The van der Waals surface area contributed by atoms with Crippen molar-refractivity contribution in [3.8, 4) is 0 Å². The quantitative estimate of drug-likeness (QED) is 0.816. The Kier molecular flexibility index (Phi) is 5.95. The highest BCUT2D eigenvalue weighted by Gasteiger charge is 2.29. The lowest BCUT2D eigenvalue weighted by atomic mass is 10.1. The topological polar surface area (TPSA) is 29.3 Å². The first-order valence-electron chi connectivity index (χ1n) is 6.41. The summed E-state index contributed by atoms with van der Waals surface area (Å²) in [5.41, 5.74) is 5.80. The van der Waals surface area contributed by atoms with E-state index in [1.807, 2.05) is 13.8 Å². The van der Waals surface area contributed by atoms with E-state index >= 15 is 0 Å². The third-order valence-corrected chi connectivity index (χ3v) is 3.55. The van der Waals surface area contributed by atoms with E-state index in [1.54, 1.807) is 0 Å². The van der Waals surface area contributed by atoms with E-state index in [-0.39, 0.29) is 5.92 Å². The van der Waals surface area contributed by atoms with Gasteiger partial charge in [-0.1, -0.05) is 38.2 Å². The fourth-order valence-electron chi connectivity index (χ4n) is 1.84. The molecule has 1 aromatic rings. The van der Waals surface area contributed by atoms with Crippen molar-refractivity contribution in [3.63, 3.8) is 0 Å². The molecule has 0 amide bonds. The van der Waals surface area contributed by atoms with E-state index in [4.69, 9.17) is 18.0 Å². The summed E-state index contributed by atoms with van der Waals surface area (Å²) < 4.78 is 37.4. The van der Waals surface area contributed by atoms with E-state index in [1.165, 1.54) is 12.1 Å². The Hall–Kier alpha value is -1.14. The van der Waals surface area contributed by atoms with Crippen LogP contribution in [0.3, 0.4) is 0 Å². The zero-order chi connectivity index (χ0) is 15.3. The largest absolute Gasteiger partial charge is 0.416 e. The fraction of sp³-hybridized carbons (Fsp3) is 0.500. The number of hydrogen-bond acceptors (Lipinski definition) is 2. The van der Waals surface area contributed by atoms with Crippen molar-refractivity contribution >= 4 is 17.2 Å². The van der Waals surface area contributed by atoms with Crippen LogP contribution in [-0.4, -0.2) is 23.0 Å². The Balaban J connectivity index is 2.69. The maximum Gasteiger partial charge on any atom is 0.416 e. The molecule has 6 heteroatoms. The number of thiocarbonyl (C=S) groups is 1. The number of halogens is 3. The van der Waals surface area contributed by atoms with Crippen LogP contribution in [0.1, 0.15) is 25.0 Å². The maximum atomic E-state index is 12.5. The van der Waals surface area contributed by atoms with Gasteiger partial charge in [0.05, 0.1) is 10.6 Å². The molecule has 0 spiro atoms. The summed E-state index contributed by atoms with van der Waals surface area (Å²) in [7, 11) is 0. The standard InChI is InChI=1S/C14H19F3N2S/c1-3-19(8-10(2)13(18)20)9-11-4-6-12(7-5-11)14(15,16)17/h4-7,10H,3,8-9H2,1-2H3,(H2,18,20). The molecule has 0 aromatic heterocycles. The van der Waals surface area contributed by atoms with Gasteiger partial charge in [0.1, 0.15) is 0 Å². The molecule has 112 valence electrons. The minimum absolute atomic E-state index is 0.0828. The minimum atomic E-state index is -4.29. The lowest BCUT2D eigenvalue weighted by Gasteiger charge is -2.24. The smallest absolute Gasteiger partial charge is 0.393 e. The monoisotopic (exact) mass is 304 g/mol. The van der Waals surface area contributed by atoms with Crippen LogP contribution in [0.25, 0.3) is 0 Å². The van der Waals surface area contributed by atoms with Crippen molar-refractivity contribution in [1.82, 2.24) is 4.90 Å². The second-order valence-electron chi connectivity index (χ2n) is 4.83. The van der Waals surface area contributed by atoms with Gasteiger partial charge in [-0.05, 0) is 24.2 Å². The highest BCUT2D eigenvalue weighted by atomic mass is 32.1. The van der Waals surface area contributed by atoms with Crippen molar-refractivity contribution in [3.05, 3.63) is 35.4 Å². The molecule has 0 aliphatic heterocycles. The Morgan fingerprint density at radius 3 is 2.25 bits per heavy atom. The van der Waals surface area contributed by atoms with Gasteiger partial charge in [0.15, 0.2) is 0 Å². The third-order valence-electron chi connectivity index (χ3n) is 3.15. The van der Waals surface area contributed by atoms with E-state index in [0.717, 1.165) is 24.2 Å². The second-order valence-corrected chi connectivity index (χ2v) is 5.30. The first kappa shape index (κ1) is 16.9. The van der Waals surface area contributed by atoms with Gasteiger partial charge in [0.2, 0.25) is 0 Å². The first-order chi connectivity index (χ1) is 9.24. The number of benzene rings is 1. The zero-order valence-corrected chi connectivity index (χ0v) is 12.4. The number of alkyl halides is 3. The van der Waals surface area contributed by atoms with Gasteiger partial charge in [-0.15, -0.1) is 0 Å². The lowest BCUT2D eigenvalue weighted by Crippen LogP contribution is -2.33. The van der Waals surface area contributed by atoms with E-state index in [2.05, 4.69) is 4.90 Å². The zero-order valence-electron chi connectivity index (χ0n) is 11.6. The van der Waals surface area contributed by atoms with Crippen LogP contribution >= 0.6 is 12.2 Å². The SMILES string of the molecule is CCN(Cc1ccc(C(F)(F)F)cc1)CC(C)C(N)=S. The Labute approximate surface area is 122 Å². The highest BCUT2D eigenvalue weighted by molar-refractivity contribution is 7.80. The lowest BCUT2D eigenvalue weighted by molar-refractivity contribution is -0.137. The summed E-state index contributed by atoms with van der Waals surface area (Å²) in [6, 6.07) is 5.24. The predicted octanol–water partition coefficient (Wildman–Crippen LogP) is 3.45. The average molecular weight is 304 g/mol. The van der Waals surface area contributed by atoms with Gasteiger partial charge in [0.25, 0.3) is 0 Å². The molecule has 20 heavy (non-hydrogen) atoms. The third kappa shape index (κ3) is 5.09. The molecule has 1 unspecified atom stereocenters. The minimum Gasteiger partial charge on any atom is -0.393 e. The normalized spacial score (nSPS) is 13.5. The van der Waals surface area contributed by atoms with Gasteiger partial charge in [-0.2, -0.15) is 13.2 Å². The molecular weight excluding hydrogens is 285 g/mol. The molecule has 1 aromatic carbocycles. The molecule has 2 N–H and O–H groups in total. The van der Waals surface area contributed by atoms with Crippen molar-refractivity contribution in [2.45, 2.75) is 26.6 Å². The Morgan fingerprint density at radius 2 is 1.85 bits per heavy atom. The molecule has 0 aliphatic carbocycles. The summed E-state index contributed by atoms with van der Waals surface area (Å²) in [6.07, 6.45) is -4.29. The number of hydrogen-bond donors (Lipinski definition) is 1. The van der Waals surface area contributed by atoms with Gasteiger partial charge in [-0.3, -0.25) is 4.90 Å². The fourth-order valence-corrected chi connectivity index (χ4v) is 1.91. The number of rotatable bonds is 6. The van der Waals surface area contributed by atoms with E-state index in [0.29, 0.717) is 18.1 Å². The molecule has 0 fully saturated rings. The van der Waals surface area contributed by atoms with Crippen molar-refractivity contribution in [1.29, 1.82) is 0 Å². The van der Waals surface area contributed by atoms with Crippen LogP contribution in [0.2, 0.25) is 0 Å². The molecule has 1 atom stereocenters. The Bertz CT molecular complexity index is 443. The highest BCUT2D eigenvalue weighted by Crippen LogP contribution is 2.29. The molecule has 0 saturated heterocycles. The number of nitrogens with two attached hydrogens (primary N) is 1. The van der Waals surface area contributed by atoms with Crippen LogP contribution in [0, 0.1) is 5.92 Å². The van der Waals surface area contributed by atoms with Crippen molar-refractivity contribution in [2.75, 3.05) is 13.1 Å². The van der Waals surface area contributed by atoms with Crippen LogP contribution < -0.4 is 5.73 Å². The van der Waals surface area contributed by atoms with Gasteiger partial charge >= 0.3 is 6.18 Å². The van der Waals surface area contributed by atoms with Crippen LogP contribution in [0.4, 0.5) is 13.2 Å². The van der Waals surface area contributed by atoms with Gasteiger partial charge in [-0.25, -0.2) is 0 Å². The van der Waals surface area contributed by atoms with E-state index in [9.17, 15) is 13.2 Å². The van der Waals surface area contributed by atoms with Crippen molar-refractivity contribution in [2.24, 2.45) is 11.7 Å². The van der Waals surface area contributed by atoms with Crippen LogP contribution in [0.5, 0.6) is 0 Å². The summed E-state index contributed by atoms with van der Waals surface area (Å²) in [5, 5.41) is 0. The molecule has 0 heterocycles. The van der Waals surface area contributed by atoms with Crippen LogP contribution in [-0.2, 0) is 12.7 Å². The van der Waals surface area contributed by atoms with Crippen LogP contribution in [0.15, 0.2) is 24.3 Å². The predicted molar refractivity (Wildman–Crippen MR) is 78.3 cm³/mol. The second kappa shape index (κ2) is 7.04. The van der Waals surface area contributed by atoms with Crippen molar-refractivity contribution < 1.29 is 13.2 Å². The van der Waals surface area contributed by atoms with E-state index < -0.39 is 11.7 Å². The molecule has 0 aliphatic rings. The average Bonchev–Trinajstić information content (AvgIpc) is 2.37. The maximum absolute atomic E-state index is 12.5. The summed E-state index contributed by atoms with van der Waals surface area (Å²) in [5.74, 6) is 0.0828. The number of nitrogens with zero attached hydrogens (tertiary/aromatic N) is 1. The molecule has 0 bridgehead atoms. The molecule has 1 rings (SSSR count). The summed E-state index contributed by atoms with van der Waals surface area (Å²) in [4.78, 5) is 2.56. The molecule has 0 radical (unpaired) electrons. The molecule has 2 nitrogen and oxygen atoms in total. The Morgan fingerprint density at radius 1 is 1.30 bits per heavy atom. The summed E-state index contributed by atoms with van der Waals surface area (Å²) >= 11 is 4.93. The summed E-state index contributed by atoms with van der Waals surface area (Å²) in [6.45, 7) is 6.01. The van der Waals surface area contributed by atoms with Gasteiger partial charge in [0, 0.05) is 19.0 Å².